The molecule has 1 aliphatic heterocycles. The van der Waals surface area contributed by atoms with E-state index in [0.29, 0.717) is 48.7 Å². The molecule has 4 N–H and O–H groups in total. The van der Waals surface area contributed by atoms with Gasteiger partial charge in [-0.1, -0.05) is 36.4 Å². The van der Waals surface area contributed by atoms with Crippen molar-refractivity contribution in [3.8, 4) is 11.3 Å². The van der Waals surface area contributed by atoms with E-state index in [4.69, 9.17) is 16.2 Å². The number of hydrogen-bond acceptors (Lipinski definition) is 6. The third-order valence-electron chi connectivity index (χ3n) is 6.69. The van der Waals surface area contributed by atoms with Gasteiger partial charge in [-0.25, -0.2) is 4.68 Å². The summed E-state index contributed by atoms with van der Waals surface area (Å²) in [5.74, 6) is -0.730. The first-order valence-electron chi connectivity index (χ1n) is 12.7. The smallest absolute Gasteiger partial charge is 0.383 e. The number of amides is 1. The molecule has 8 nitrogen and oxygen atoms in total. The molecule has 1 aromatic heterocycles. The fraction of sp³-hybridized carbons (Fsp3) is 0.393. The van der Waals surface area contributed by atoms with Crippen LogP contribution in [-0.2, 0) is 35.1 Å². The van der Waals surface area contributed by atoms with E-state index in [1.807, 2.05) is 18.7 Å². The summed E-state index contributed by atoms with van der Waals surface area (Å²) in [4.78, 5) is 26.7. The molecule has 4 rings (SSSR count). The summed E-state index contributed by atoms with van der Waals surface area (Å²) in [5, 5.41) is 4.44. The molecule has 3 aromatic rings. The van der Waals surface area contributed by atoms with Crippen LogP contribution in [0, 0.1) is 0 Å². The van der Waals surface area contributed by atoms with Crippen LogP contribution in [0.3, 0.4) is 0 Å². The van der Waals surface area contributed by atoms with Gasteiger partial charge in [0.15, 0.2) is 0 Å². The SMILES string of the molecule is CC(C)n1nc(-c2ccc(CC(=O)Cc3ccc(CN4CCOCC4)c(C(F)(F)F)c3)cc2)c(C(N)=O)c1N. The summed E-state index contributed by atoms with van der Waals surface area (Å²) >= 11 is 0. The molecule has 11 heteroatoms. The predicted molar refractivity (Wildman–Crippen MR) is 141 cm³/mol. The number of ketones is 1. The monoisotopic (exact) mass is 543 g/mol. The molecule has 1 amide bonds. The van der Waals surface area contributed by atoms with Crippen LogP contribution < -0.4 is 11.5 Å². The van der Waals surface area contributed by atoms with Crippen molar-refractivity contribution in [1.29, 1.82) is 0 Å². The lowest BCUT2D eigenvalue weighted by molar-refractivity contribution is -0.138. The van der Waals surface area contributed by atoms with E-state index < -0.39 is 17.6 Å². The molecule has 208 valence electrons. The lowest BCUT2D eigenvalue weighted by atomic mass is 9.97. The van der Waals surface area contributed by atoms with E-state index in [1.165, 1.54) is 10.7 Å². The number of ether oxygens (including phenoxy) is 1. The van der Waals surface area contributed by atoms with E-state index in [9.17, 15) is 22.8 Å². The molecular formula is C28H32F3N5O3. The van der Waals surface area contributed by atoms with Gasteiger partial charge in [-0.2, -0.15) is 18.3 Å². The highest BCUT2D eigenvalue weighted by Gasteiger charge is 2.34. The van der Waals surface area contributed by atoms with Crippen LogP contribution >= 0.6 is 0 Å². The summed E-state index contributed by atoms with van der Waals surface area (Å²) in [6.07, 6.45) is -4.60. The van der Waals surface area contributed by atoms with Crippen LogP contribution in [0.15, 0.2) is 42.5 Å². The number of rotatable bonds is 9. The molecule has 1 saturated heterocycles. The first-order valence-corrected chi connectivity index (χ1v) is 12.7. The Hall–Kier alpha value is -3.70. The highest BCUT2D eigenvalue weighted by atomic mass is 19.4. The summed E-state index contributed by atoms with van der Waals surface area (Å²) in [5.41, 5.74) is 13.2. The highest BCUT2D eigenvalue weighted by Crippen LogP contribution is 2.34. The third kappa shape index (κ3) is 6.66. The van der Waals surface area contributed by atoms with Crippen LogP contribution in [0.25, 0.3) is 11.3 Å². The van der Waals surface area contributed by atoms with Crippen molar-refractivity contribution in [3.05, 3.63) is 70.3 Å². The van der Waals surface area contributed by atoms with Crippen molar-refractivity contribution in [1.82, 2.24) is 14.7 Å². The number of aromatic nitrogens is 2. The molecule has 0 atom stereocenters. The number of primary amides is 1. The Kier molecular flexibility index (Phi) is 8.41. The van der Waals surface area contributed by atoms with Crippen LogP contribution in [0.5, 0.6) is 0 Å². The van der Waals surface area contributed by atoms with Gasteiger partial charge in [0.25, 0.3) is 5.91 Å². The Morgan fingerprint density at radius 2 is 1.64 bits per heavy atom. The van der Waals surface area contributed by atoms with E-state index in [1.54, 1.807) is 30.3 Å². The van der Waals surface area contributed by atoms with Crippen LogP contribution in [0.4, 0.5) is 19.0 Å². The number of nitrogen functional groups attached to an aromatic ring is 1. The van der Waals surface area contributed by atoms with Gasteiger partial charge < -0.3 is 16.2 Å². The van der Waals surface area contributed by atoms with Crippen LogP contribution in [-0.4, -0.2) is 52.7 Å². The minimum atomic E-state index is -4.52. The molecular weight excluding hydrogens is 511 g/mol. The van der Waals surface area contributed by atoms with Gasteiger partial charge in [0.1, 0.15) is 22.9 Å². The Labute approximate surface area is 224 Å². The van der Waals surface area contributed by atoms with Crippen LogP contribution in [0.2, 0.25) is 0 Å². The van der Waals surface area contributed by atoms with Gasteiger partial charge in [-0.05, 0) is 36.6 Å². The summed E-state index contributed by atoms with van der Waals surface area (Å²) in [6, 6.07) is 10.9. The Bertz CT molecular complexity index is 1340. The summed E-state index contributed by atoms with van der Waals surface area (Å²) in [7, 11) is 0. The average molecular weight is 544 g/mol. The maximum atomic E-state index is 13.8. The maximum Gasteiger partial charge on any atom is 0.416 e. The number of carbonyl (C=O) groups excluding carboxylic acids is 2. The molecule has 1 aliphatic rings. The van der Waals surface area contributed by atoms with Gasteiger partial charge in [0.2, 0.25) is 0 Å². The fourth-order valence-electron chi connectivity index (χ4n) is 4.72. The number of hydrogen-bond donors (Lipinski definition) is 2. The van der Waals surface area contributed by atoms with E-state index in [0.717, 1.165) is 6.07 Å². The maximum absolute atomic E-state index is 13.8. The van der Waals surface area contributed by atoms with Crippen molar-refractivity contribution in [2.24, 2.45) is 5.73 Å². The van der Waals surface area contributed by atoms with Gasteiger partial charge in [-0.3, -0.25) is 14.5 Å². The summed E-state index contributed by atoms with van der Waals surface area (Å²) < 4.78 is 48.3. The van der Waals surface area contributed by atoms with E-state index in [2.05, 4.69) is 5.10 Å². The lowest BCUT2D eigenvalue weighted by Crippen LogP contribution is -2.36. The van der Waals surface area contributed by atoms with E-state index in [-0.39, 0.29) is 48.2 Å². The Morgan fingerprint density at radius 3 is 2.23 bits per heavy atom. The minimum absolute atomic E-state index is 0.0441. The number of benzene rings is 2. The Balaban J connectivity index is 1.47. The normalized spacial score (nSPS) is 14.6. The number of halogens is 3. The number of morpholine rings is 1. The topological polar surface area (TPSA) is 116 Å². The number of anilines is 1. The number of nitrogens with zero attached hydrogens (tertiary/aromatic N) is 3. The second-order valence-corrected chi connectivity index (χ2v) is 9.98. The first kappa shape index (κ1) is 28.3. The minimum Gasteiger partial charge on any atom is -0.383 e. The molecule has 2 aromatic carbocycles. The number of Topliss-reactive ketones (excluding diaryl/α,β-unsaturated/α-hetero) is 1. The van der Waals surface area contributed by atoms with Crippen LogP contribution in [0.1, 0.15) is 52.5 Å². The van der Waals surface area contributed by atoms with Gasteiger partial charge in [0, 0.05) is 44.1 Å². The molecule has 1 fully saturated rings. The zero-order chi connectivity index (χ0) is 28.3. The average Bonchev–Trinajstić information content (AvgIpc) is 3.23. The number of carbonyl (C=O) groups is 2. The zero-order valence-corrected chi connectivity index (χ0v) is 21.9. The molecule has 0 bridgehead atoms. The number of alkyl halides is 3. The molecule has 0 spiro atoms. The Morgan fingerprint density at radius 1 is 1.03 bits per heavy atom. The second-order valence-electron chi connectivity index (χ2n) is 9.98. The quantitative estimate of drug-likeness (QED) is 0.421. The molecule has 2 heterocycles. The lowest BCUT2D eigenvalue weighted by Gasteiger charge is -2.27. The van der Waals surface area contributed by atoms with Crippen molar-refractivity contribution in [3.63, 3.8) is 0 Å². The summed E-state index contributed by atoms with van der Waals surface area (Å²) in [6.45, 7) is 6.08. The third-order valence-corrected chi connectivity index (χ3v) is 6.69. The fourth-order valence-corrected chi connectivity index (χ4v) is 4.72. The molecule has 0 saturated carbocycles. The van der Waals surface area contributed by atoms with E-state index >= 15 is 0 Å². The standard InChI is InChI=1S/C28H32F3N5O3/c1-17(2)36-26(32)24(27(33)38)25(34-36)20-6-3-18(4-7-20)13-22(37)14-19-5-8-21(23(15-19)28(29,30)31)16-35-9-11-39-12-10-35/h3-8,15,17H,9-14,16,32H2,1-2H3,(H2,33,38). The highest BCUT2D eigenvalue weighted by molar-refractivity contribution is 6.03. The molecule has 39 heavy (non-hydrogen) atoms. The zero-order valence-electron chi connectivity index (χ0n) is 21.9. The molecule has 0 aliphatic carbocycles. The van der Waals surface area contributed by atoms with Crippen molar-refractivity contribution < 1.29 is 27.5 Å². The van der Waals surface area contributed by atoms with Crippen molar-refractivity contribution >= 4 is 17.5 Å². The molecule has 0 unspecified atom stereocenters. The van der Waals surface area contributed by atoms with Crippen molar-refractivity contribution in [2.45, 2.75) is 45.5 Å². The van der Waals surface area contributed by atoms with Gasteiger partial charge >= 0.3 is 6.18 Å². The van der Waals surface area contributed by atoms with Gasteiger partial charge in [-0.15, -0.1) is 0 Å². The van der Waals surface area contributed by atoms with Crippen molar-refractivity contribution in [2.75, 3.05) is 32.0 Å². The number of nitrogens with two attached hydrogens (primary N) is 2. The first-order chi connectivity index (χ1) is 18.4. The predicted octanol–water partition coefficient (Wildman–Crippen LogP) is 4.02. The second kappa shape index (κ2) is 11.6. The molecule has 0 radical (unpaired) electrons. The largest absolute Gasteiger partial charge is 0.416 e. The van der Waals surface area contributed by atoms with Gasteiger partial charge in [0.05, 0.1) is 18.8 Å².